The van der Waals surface area contributed by atoms with Crippen molar-refractivity contribution >= 4 is 23.9 Å². The maximum Gasteiger partial charge on any atom is 0.408 e. The molecule has 0 saturated heterocycles. The van der Waals surface area contributed by atoms with Crippen LogP contribution in [0.25, 0.3) is 0 Å². The fraction of sp³-hybridized carbons (Fsp3) is 0.600. The molecular formula is C30H43N3O6. The van der Waals surface area contributed by atoms with Crippen LogP contribution < -0.4 is 10.6 Å². The second kappa shape index (κ2) is 14.0. The van der Waals surface area contributed by atoms with Gasteiger partial charge in [-0.15, -0.1) is 6.42 Å². The summed E-state index contributed by atoms with van der Waals surface area (Å²) in [6.07, 6.45) is 6.13. The Balaban J connectivity index is 2.48. The summed E-state index contributed by atoms with van der Waals surface area (Å²) in [6, 6.07) is 4.79. The van der Waals surface area contributed by atoms with Gasteiger partial charge < -0.3 is 25.0 Å². The average Bonchev–Trinajstić information content (AvgIpc) is 3.55. The molecule has 1 fully saturated rings. The highest BCUT2D eigenvalue weighted by Gasteiger charge is 2.48. The number of carbonyl (C=O) groups excluding carboxylic acids is 4. The number of terminal acetylenes is 1. The van der Waals surface area contributed by atoms with Gasteiger partial charge in [-0.05, 0) is 64.0 Å². The van der Waals surface area contributed by atoms with E-state index in [-0.39, 0.29) is 43.4 Å². The summed E-state index contributed by atoms with van der Waals surface area (Å²) in [7, 11) is 0. The van der Waals surface area contributed by atoms with Crippen molar-refractivity contribution in [3.05, 3.63) is 35.4 Å². The molecule has 1 aliphatic carbocycles. The van der Waals surface area contributed by atoms with E-state index in [0.29, 0.717) is 24.0 Å². The van der Waals surface area contributed by atoms with Crippen molar-refractivity contribution in [2.24, 2.45) is 11.8 Å². The number of hydrogen-bond acceptors (Lipinski definition) is 6. The monoisotopic (exact) mass is 541 g/mol. The number of amides is 3. The van der Waals surface area contributed by atoms with Gasteiger partial charge in [0.1, 0.15) is 17.7 Å². The van der Waals surface area contributed by atoms with Crippen LogP contribution in [0.15, 0.2) is 24.3 Å². The minimum Gasteiger partial charge on any atom is -0.466 e. The molecule has 2 N–H and O–H groups in total. The van der Waals surface area contributed by atoms with Crippen LogP contribution in [-0.2, 0) is 23.9 Å². The zero-order valence-corrected chi connectivity index (χ0v) is 24.2. The molecule has 9 heteroatoms. The molecule has 4 unspecified atom stereocenters. The van der Waals surface area contributed by atoms with Crippen LogP contribution in [0.3, 0.4) is 0 Å². The summed E-state index contributed by atoms with van der Waals surface area (Å²) in [4.78, 5) is 54.1. The minimum absolute atomic E-state index is 0.00691. The molecule has 1 saturated carbocycles. The molecule has 1 aliphatic rings. The van der Waals surface area contributed by atoms with Crippen molar-refractivity contribution in [1.29, 1.82) is 0 Å². The zero-order chi connectivity index (χ0) is 29.3. The predicted molar refractivity (Wildman–Crippen MR) is 148 cm³/mol. The van der Waals surface area contributed by atoms with Gasteiger partial charge in [0.25, 0.3) is 0 Å². The average molecular weight is 542 g/mol. The van der Waals surface area contributed by atoms with Crippen LogP contribution in [0.1, 0.15) is 84.9 Å². The lowest BCUT2D eigenvalue weighted by Crippen LogP contribution is -2.54. The quantitative estimate of drug-likeness (QED) is 0.306. The molecule has 0 bridgehead atoms. The molecule has 0 aromatic heterocycles. The number of benzene rings is 1. The first-order valence-electron chi connectivity index (χ1n) is 13.6. The molecule has 39 heavy (non-hydrogen) atoms. The third-order valence-electron chi connectivity index (χ3n) is 6.25. The predicted octanol–water partition coefficient (Wildman–Crippen LogP) is 3.95. The summed E-state index contributed by atoms with van der Waals surface area (Å²) in [5.74, 6) is 1.57. The smallest absolute Gasteiger partial charge is 0.408 e. The van der Waals surface area contributed by atoms with Crippen molar-refractivity contribution in [3.8, 4) is 12.3 Å². The number of carbonyl (C=O) groups is 4. The summed E-state index contributed by atoms with van der Waals surface area (Å²) in [5, 5.41) is 5.54. The first-order valence-corrected chi connectivity index (χ1v) is 13.6. The Bertz CT molecular complexity index is 1070. The van der Waals surface area contributed by atoms with E-state index >= 15 is 0 Å². The Hall–Kier alpha value is -3.54. The first-order chi connectivity index (χ1) is 18.3. The van der Waals surface area contributed by atoms with Crippen molar-refractivity contribution in [2.75, 3.05) is 13.2 Å². The van der Waals surface area contributed by atoms with Crippen LogP contribution >= 0.6 is 0 Å². The number of ether oxygens (including phenoxy) is 2. The van der Waals surface area contributed by atoms with E-state index in [2.05, 4.69) is 16.6 Å². The summed E-state index contributed by atoms with van der Waals surface area (Å²) < 4.78 is 10.4. The van der Waals surface area contributed by atoms with Gasteiger partial charge in [-0.3, -0.25) is 14.4 Å². The van der Waals surface area contributed by atoms with Crippen molar-refractivity contribution in [3.63, 3.8) is 0 Å². The van der Waals surface area contributed by atoms with Crippen LogP contribution in [0.2, 0.25) is 0 Å². The lowest BCUT2D eigenvalue weighted by molar-refractivity contribution is -0.145. The van der Waals surface area contributed by atoms with Crippen LogP contribution in [-0.4, -0.2) is 59.6 Å². The van der Waals surface area contributed by atoms with Crippen molar-refractivity contribution < 1.29 is 28.7 Å². The van der Waals surface area contributed by atoms with E-state index in [1.54, 1.807) is 56.9 Å². The number of hydrogen-bond donors (Lipinski definition) is 2. The van der Waals surface area contributed by atoms with Gasteiger partial charge in [0.2, 0.25) is 11.8 Å². The topological polar surface area (TPSA) is 114 Å². The normalized spacial score (nSPS) is 17.8. The van der Waals surface area contributed by atoms with E-state index in [1.165, 1.54) is 0 Å². The second-order valence-corrected chi connectivity index (χ2v) is 11.3. The Morgan fingerprint density at radius 1 is 1.18 bits per heavy atom. The van der Waals surface area contributed by atoms with Crippen molar-refractivity contribution in [1.82, 2.24) is 15.5 Å². The molecule has 4 atom stereocenters. The Morgan fingerprint density at radius 2 is 1.82 bits per heavy atom. The standard InChI is InChI=1S/C30H43N3O6/c1-9-21-13-11-12-14-22(21)26(27(35)31-16-15-25(34)38-10-2)33(24-18-20(24)5)28(36)23(17-19(3)4)32-29(37)39-30(6,7)8/h1,11-14,19-20,23-24,26H,10,15-18H2,2-8H3,(H,31,35)(H,32,37). The highest BCUT2D eigenvalue weighted by Crippen LogP contribution is 2.41. The van der Waals surface area contributed by atoms with E-state index in [9.17, 15) is 19.2 Å². The summed E-state index contributed by atoms with van der Waals surface area (Å²) in [5.41, 5.74) is 0.240. The lowest BCUT2D eigenvalue weighted by atomic mass is 9.95. The number of nitrogens with one attached hydrogen (secondary N) is 2. The molecule has 0 radical (unpaired) electrons. The third kappa shape index (κ3) is 9.61. The number of esters is 1. The number of rotatable bonds is 12. The fourth-order valence-electron chi connectivity index (χ4n) is 4.40. The SMILES string of the molecule is C#Cc1ccccc1C(C(=O)NCCC(=O)OCC)N(C(=O)C(CC(C)C)NC(=O)OC(C)(C)C)C1CC1C. The van der Waals surface area contributed by atoms with Gasteiger partial charge in [-0.1, -0.05) is 44.9 Å². The second-order valence-electron chi connectivity index (χ2n) is 11.3. The van der Waals surface area contributed by atoms with Gasteiger partial charge in [-0.25, -0.2) is 4.79 Å². The highest BCUT2D eigenvalue weighted by molar-refractivity contribution is 5.93. The van der Waals surface area contributed by atoms with Crippen molar-refractivity contribution in [2.45, 2.75) is 91.5 Å². The molecule has 3 amide bonds. The highest BCUT2D eigenvalue weighted by atomic mass is 16.6. The largest absolute Gasteiger partial charge is 0.466 e. The maximum absolute atomic E-state index is 14.2. The fourth-order valence-corrected chi connectivity index (χ4v) is 4.40. The Labute approximate surface area is 232 Å². The Kier molecular flexibility index (Phi) is 11.4. The zero-order valence-electron chi connectivity index (χ0n) is 24.2. The molecule has 0 heterocycles. The molecular weight excluding hydrogens is 498 g/mol. The Morgan fingerprint density at radius 3 is 2.36 bits per heavy atom. The van der Waals surface area contributed by atoms with E-state index < -0.39 is 35.7 Å². The lowest BCUT2D eigenvalue weighted by Gasteiger charge is -2.36. The van der Waals surface area contributed by atoms with Crippen LogP contribution in [0.5, 0.6) is 0 Å². The number of alkyl carbamates (subject to hydrolysis) is 1. The molecule has 0 aliphatic heterocycles. The van der Waals surface area contributed by atoms with Gasteiger partial charge in [0, 0.05) is 18.2 Å². The minimum atomic E-state index is -1.06. The molecule has 9 nitrogen and oxygen atoms in total. The molecule has 0 spiro atoms. The van der Waals surface area contributed by atoms with Crippen LogP contribution in [0.4, 0.5) is 4.79 Å². The van der Waals surface area contributed by atoms with Gasteiger partial charge in [0.15, 0.2) is 0 Å². The third-order valence-corrected chi connectivity index (χ3v) is 6.25. The summed E-state index contributed by atoms with van der Waals surface area (Å²) >= 11 is 0. The van der Waals surface area contributed by atoms with Gasteiger partial charge >= 0.3 is 12.1 Å². The van der Waals surface area contributed by atoms with Crippen LogP contribution in [0, 0.1) is 24.2 Å². The molecule has 2 rings (SSSR count). The van der Waals surface area contributed by atoms with E-state index in [0.717, 1.165) is 0 Å². The van der Waals surface area contributed by atoms with E-state index in [4.69, 9.17) is 15.9 Å². The van der Waals surface area contributed by atoms with Gasteiger partial charge in [-0.2, -0.15) is 0 Å². The first kappa shape index (κ1) is 31.7. The number of nitrogens with zero attached hydrogens (tertiary/aromatic N) is 1. The van der Waals surface area contributed by atoms with E-state index in [1.807, 2.05) is 20.8 Å². The molecule has 214 valence electrons. The summed E-state index contributed by atoms with van der Waals surface area (Å²) in [6.45, 7) is 13.2. The van der Waals surface area contributed by atoms with Gasteiger partial charge in [0.05, 0.1) is 13.0 Å². The molecule has 1 aromatic carbocycles. The maximum atomic E-state index is 14.2. The molecule has 1 aromatic rings.